The Kier molecular flexibility index (Phi) is 3.92. The van der Waals surface area contributed by atoms with Crippen molar-refractivity contribution in [2.24, 2.45) is 0 Å². The van der Waals surface area contributed by atoms with Crippen LogP contribution < -0.4 is 5.32 Å². The van der Waals surface area contributed by atoms with Crippen molar-refractivity contribution in [1.82, 2.24) is 0 Å². The molecule has 1 atom stereocenters. The molecular formula is C14H10F5N. The third-order valence-corrected chi connectivity index (χ3v) is 2.79. The van der Waals surface area contributed by atoms with Crippen molar-refractivity contribution < 1.29 is 22.0 Å². The lowest BCUT2D eigenvalue weighted by Gasteiger charge is -2.17. The summed E-state index contributed by atoms with van der Waals surface area (Å²) in [6.45, 7) is 1.42. The van der Waals surface area contributed by atoms with Crippen LogP contribution in [0.4, 0.5) is 27.6 Å². The number of rotatable bonds is 3. The highest BCUT2D eigenvalue weighted by Crippen LogP contribution is 2.26. The van der Waals surface area contributed by atoms with Crippen molar-refractivity contribution in [1.29, 1.82) is 0 Å². The zero-order valence-electron chi connectivity index (χ0n) is 10.4. The minimum atomic E-state index is -1.36. The summed E-state index contributed by atoms with van der Waals surface area (Å²) in [5.74, 6) is -4.99. The van der Waals surface area contributed by atoms with Gasteiger partial charge in [0.1, 0.15) is 17.5 Å². The molecule has 0 radical (unpaired) electrons. The summed E-state index contributed by atoms with van der Waals surface area (Å²) in [6, 6.07) is 3.06. The number of benzene rings is 2. The predicted octanol–water partition coefficient (Wildman–Crippen LogP) is 4.56. The molecule has 0 spiro atoms. The summed E-state index contributed by atoms with van der Waals surface area (Å²) < 4.78 is 66.1. The van der Waals surface area contributed by atoms with Gasteiger partial charge in [-0.15, -0.1) is 0 Å². The molecule has 0 bridgehead atoms. The van der Waals surface area contributed by atoms with Crippen molar-refractivity contribution >= 4 is 5.69 Å². The summed E-state index contributed by atoms with van der Waals surface area (Å²) in [7, 11) is 0. The molecule has 2 aromatic rings. The lowest BCUT2D eigenvalue weighted by Crippen LogP contribution is -2.11. The van der Waals surface area contributed by atoms with Crippen LogP contribution in [0, 0.1) is 29.1 Å². The van der Waals surface area contributed by atoms with Crippen LogP contribution in [0.3, 0.4) is 0 Å². The van der Waals surface area contributed by atoms with Crippen LogP contribution >= 0.6 is 0 Å². The van der Waals surface area contributed by atoms with E-state index in [1.54, 1.807) is 0 Å². The molecule has 0 aliphatic heterocycles. The molecule has 2 aromatic carbocycles. The Bertz CT molecular complexity index is 642. The van der Waals surface area contributed by atoms with E-state index < -0.39 is 40.8 Å². The molecule has 6 heteroatoms. The third kappa shape index (κ3) is 2.89. The molecule has 0 aromatic heterocycles. The summed E-state index contributed by atoms with van der Waals surface area (Å²) in [5, 5.41) is 2.41. The SMILES string of the molecule is CC(Nc1cc(F)cc(F)c1F)c1cc(F)ccc1F. The first-order valence-corrected chi connectivity index (χ1v) is 5.74. The Hall–Kier alpha value is -2.11. The van der Waals surface area contributed by atoms with E-state index in [-0.39, 0.29) is 5.56 Å². The molecule has 1 unspecified atom stereocenters. The monoisotopic (exact) mass is 287 g/mol. The Balaban J connectivity index is 2.32. The summed E-state index contributed by atoms with van der Waals surface area (Å²) in [4.78, 5) is 0. The largest absolute Gasteiger partial charge is 0.376 e. The fraction of sp³-hybridized carbons (Fsp3) is 0.143. The minimum absolute atomic E-state index is 0.0749. The standard InChI is InChI=1S/C14H10F5N/c1-7(10-4-8(15)2-3-11(10)17)20-13-6-9(16)5-12(18)14(13)19/h2-7,20H,1H3. The molecule has 20 heavy (non-hydrogen) atoms. The van der Waals surface area contributed by atoms with Crippen molar-refractivity contribution in [3.63, 3.8) is 0 Å². The molecule has 0 aliphatic carbocycles. The van der Waals surface area contributed by atoms with E-state index in [1.165, 1.54) is 6.92 Å². The smallest absolute Gasteiger partial charge is 0.182 e. The van der Waals surface area contributed by atoms with Crippen LogP contribution in [0.5, 0.6) is 0 Å². The fourth-order valence-electron chi connectivity index (χ4n) is 1.82. The third-order valence-electron chi connectivity index (χ3n) is 2.79. The van der Waals surface area contributed by atoms with Gasteiger partial charge in [0.05, 0.1) is 11.7 Å². The average Bonchev–Trinajstić information content (AvgIpc) is 2.38. The van der Waals surface area contributed by atoms with Gasteiger partial charge in [-0.1, -0.05) is 0 Å². The maximum atomic E-state index is 13.5. The van der Waals surface area contributed by atoms with Gasteiger partial charge in [0.2, 0.25) is 0 Å². The number of anilines is 1. The van der Waals surface area contributed by atoms with Gasteiger partial charge in [-0.2, -0.15) is 0 Å². The number of hydrogen-bond acceptors (Lipinski definition) is 1. The van der Waals surface area contributed by atoms with E-state index in [0.29, 0.717) is 6.07 Å². The zero-order valence-corrected chi connectivity index (χ0v) is 10.4. The first-order valence-electron chi connectivity index (χ1n) is 5.74. The van der Waals surface area contributed by atoms with Crippen molar-refractivity contribution in [2.75, 3.05) is 5.32 Å². The Morgan fingerprint density at radius 1 is 0.850 bits per heavy atom. The maximum Gasteiger partial charge on any atom is 0.182 e. The summed E-state index contributed by atoms with van der Waals surface area (Å²) >= 11 is 0. The van der Waals surface area contributed by atoms with E-state index in [9.17, 15) is 22.0 Å². The van der Waals surface area contributed by atoms with Crippen molar-refractivity contribution in [3.05, 3.63) is 65.0 Å². The van der Waals surface area contributed by atoms with Crippen LogP contribution in [0.1, 0.15) is 18.5 Å². The highest BCUT2D eigenvalue weighted by molar-refractivity contribution is 5.47. The molecule has 0 saturated heterocycles. The molecule has 0 heterocycles. The quantitative estimate of drug-likeness (QED) is 0.645. The lowest BCUT2D eigenvalue weighted by atomic mass is 10.1. The van der Waals surface area contributed by atoms with Gasteiger partial charge >= 0.3 is 0 Å². The Morgan fingerprint density at radius 3 is 2.25 bits per heavy atom. The Labute approximate surface area is 112 Å². The van der Waals surface area contributed by atoms with Crippen LogP contribution in [0.25, 0.3) is 0 Å². The van der Waals surface area contributed by atoms with E-state index in [2.05, 4.69) is 5.32 Å². The molecule has 2 rings (SSSR count). The van der Waals surface area contributed by atoms with Crippen LogP contribution in [0.15, 0.2) is 30.3 Å². The number of nitrogens with one attached hydrogen (secondary N) is 1. The molecular weight excluding hydrogens is 277 g/mol. The van der Waals surface area contributed by atoms with Gasteiger partial charge in [0, 0.05) is 17.7 Å². The maximum absolute atomic E-state index is 13.5. The van der Waals surface area contributed by atoms with Crippen molar-refractivity contribution in [3.8, 4) is 0 Å². The van der Waals surface area contributed by atoms with Gasteiger partial charge in [0.25, 0.3) is 0 Å². The predicted molar refractivity (Wildman–Crippen MR) is 64.7 cm³/mol. The molecule has 1 nitrogen and oxygen atoms in total. The van der Waals surface area contributed by atoms with Gasteiger partial charge in [-0.25, -0.2) is 22.0 Å². The first kappa shape index (κ1) is 14.3. The van der Waals surface area contributed by atoms with Crippen LogP contribution in [-0.2, 0) is 0 Å². The topological polar surface area (TPSA) is 12.0 Å². The molecule has 0 fully saturated rings. The zero-order chi connectivity index (χ0) is 14.9. The number of hydrogen-bond donors (Lipinski definition) is 1. The Morgan fingerprint density at radius 2 is 1.55 bits per heavy atom. The number of halogens is 5. The molecule has 0 saturated carbocycles. The van der Waals surface area contributed by atoms with E-state index in [1.807, 2.05) is 0 Å². The second-order valence-electron chi connectivity index (χ2n) is 4.28. The van der Waals surface area contributed by atoms with Gasteiger partial charge in [0.15, 0.2) is 11.6 Å². The summed E-state index contributed by atoms with van der Waals surface area (Å²) in [5.41, 5.74) is -0.535. The second-order valence-corrected chi connectivity index (χ2v) is 4.28. The lowest BCUT2D eigenvalue weighted by molar-refractivity contribution is 0.496. The van der Waals surface area contributed by atoms with Gasteiger partial charge in [-0.3, -0.25) is 0 Å². The van der Waals surface area contributed by atoms with Gasteiger partial charge < -0.3 is 5.32 Å². The molecule has 106 valence electrons. The molecule has 0 amide bonds. The first-order chi connectivity index (χ1) is 9.38. The highest BCUT2D eigenvalue weighted by Gasteiger charge is 2.16. The van der Waals surface area contributed by atoms with E-state index in [4.69, 9.17) is 0 Å². The second kappa shape index (κ2) is 5.48. The normalized spacial score (nSPS) is 12.3. The van der Waals surface area contributed by atoms with E-state index >= 15 is 0 Å². The molecule has 1 N–H and O–H groups in total. The average molecular weight is 287 g/mol. The fourth-order valence-corrected chi connectivity index (χ4v) is 1.82. The highest BCUT2D eigenvalue weighted by atomic mass is 19.2. The molecule has 0 aliphatic rings. The minimum Gasteiger partial charge on any atom is -0.376 e. The summed E-state index contributed by atoms with van der Waals surface area (Å²) in [6.07, 6.45) is 0. The van der Waals surface area contributed by atoms with Crippen LogP contribution in [-0.4, -0.2) is 0 Å². The van der Waals surface area contributed by atoms with Gasteiger partial charge in [-0.05, 0) is 25.1 Å². The van der Waals surface area contributed by atoms with E-state index in [0.717, 1.165) is 24.3 Å². The van der Waals surface area contributed by atoms with Crippen molar-refractivity contribution in [2.45, 2.75) is 13.0 Å². The van der Waals surface area contributed by atoms with Crippen LogP contribution in [0.2, 0.25) is 0 Å².